The first-order chi connectivity index (χ1) is 18.3. The van der Waals surface area contributed by atoms with Gasteiger partial charge in [-0.05, 0) is 91.3 Å². The van der Waals surface area contributed by atoms with E-state index in [1.807, 2.05) is 0 Å². The van der Waals surface area contributed by atoms with Crippen LogP contribution in [0.4, 0.5) is 0 Å². The van der Waals surface area contributed by atoms with Gasteiger partial charge in [-0.15, -0.1) is 9.10 Å². The van der Waals surface area contributed by atoms with Crippen LogP contribution in [0.2, 0.25) is 9.10 Å². The van der Waals surface area contributed by atoms with Crippen molar-refractivity contribution in [1.29, 1.82) is 0 Å². The third-order valence-corrected chi connectivity index (χ3v) is 10.1. The average Bonchev–Trinajstić information content (AvgIpc) is 2.94. The van der Waals surface area contributed by atoms with E-state index in [2.05, 4.69) is 109 Å². The number of rotatable bonds is 10. The fraction of sp³-hybridized carbons (Fsp3) is 0.222. The molecular weight excluding hydrogens is 457 g/mol. The van der Waals surface area contributed by atoms with Gasteiger partial charge in [-0.3, -0.25) is 0 Å². The predicted octanol–water partition coefficient (Wildman–Crippen LogP) is 10.2. The molecule has 0 aromatic heterocycles. The molecule has 0 spiro atoms. The summed E-state index contributed by atoms with van der Waals surface area (Å²) in [7, 11) is 0. The number of fused-ring (bicyclic) bond motifs is 4. The summed E-state index contributed by atoms with van der Waals surface area (Å²) in [5.41, 5.74) is 3.04. The second kappa shape index (κ2) is 11.7. The van der Waals surface area contributed by atoms with Crippen LogP contribution >= 0.6 is 0 Å². The van der Waals surface area contributed by atoms with E-state index in [9.17, 15) is 0 Å². The lowest BCUT2D eigenvalue weighted by Crippen LogP contribution is -1.94. The molecule has 0 saturated carbocycles. The lowest BCUT2D eigenvalue weighted by Gasteiger charge is -2.09. The van der Waals surface area contributed by atoms with Gasteiger partial charge in [-0.2, -0.15) is 0 Å². The van der Waals surface area contributed by atoms with E-state index in [1.54, 1.807) is 0 Å². The van der Waals surface area contributed by atoms with Crippen molar-refractivity contribution in [3.63, 3.8) is 0 Å². The van der Waals surface area contributed by atoms with E-state index in [-0.39, 0.29) is 20.4 Å². The summed E-state index contributed by atoms with van der Waals surface area (Å²) in [5, 5.41) is 11.0. The lowest BCUT2D eigenvalue weighted by atomic mass is 9.97. The van der Waals surface area contributed by atoms with Crippen molar-refractivity contribution in [3.8, 4) is 0 Å². The molecule has 180 valence electrons. The highest BCUT2D eigenvalue weighted by molar-refractivity contribution is 6.35. The van der Waals surface area contributed by atoms with Crippen LogP contribution < -0.4 is 0 Å². The van der Waals surface area contributed by atoms with Gasteiger partial charge in [0.05, 0.1) is 0 Å². The number of hydrogen-bond donors (Lipinski definition) is 0. The van der Waals surface area contributed by atoms with E-state index in [1.165, 1.54) is 102 Å². The minimum Gasteiger partial charge on any atom is -0.146 e. The molecular formula is C36H34Mg. The van der Waals surface area contributed by atoms with Gasteiger partial charge >= 0.3 is 20.4 Å². The van der Waals surface area contributed by atoms with Gasteiger partial charge in [-0.1, -0.05) is 111 Å². The Bertz CT molecular complexity index is 1540. The predicted molar refractivity (Wildman–Crippen MR) is 164 cm³/mol. The van der Waals surface area contributed by atoms with E-state index >= 15 is 0 Å². The number of aryl methyl sites for hydroxylation is 2. The molecule has 0 bridgehead atoms. The molecule has 0 saturated heterocycles. The van der Waals surface area contributed by atoms with Crippen LogP contribution in [0.25, 0.3) is 43.1 Å². The Labute approximate surface area is 230 Å². The summed E-state index contributed by atoms with van der Waals surface area (Å²) in [6, 6.07) is 40.6. The molecule has 1 heteroatoms. The van der Waals surface area contributed by atoms with Crippen LogP contribution in [0.5, 0.6) is 0 Å². The van der Waals surface area contributed by atoms with Gasteiger partial charge < -0.3 is 0 Å². The first-order valence-electron chi connectivity index (χ1n) is 14.2. The SMILES string of the molecule is c1ccc2cc3c(CCC[CH2][Mg][CH2]CCCc4cccc5cc6ccccc6cc45)cccc3cc2c1. The fourth-order valence-corrected chi connectivity index (χ4v) is 7.78. The fourth-order valence-electron chi connectivity index (χ4n) is 6.01. The van der Waals surface area contributed by atoms with Crippen molar-refractivity contribution in [3.05, 3.63) is 120 Å². The number of benzene rings is 6. The molecule has 0 aliphatic rings. The van der Waals surface area contributed by atoms with Crippen molar-refractivity contribution < 1.29 is 0 Å². The quantitative estimate of drug-likeness (QED) is 0.102. The van der Waals surface area contributed by atoms with E-state index in [0.717, 1.165) is 0 Å². The second-order valence-corrected chi connectivity index (χ2v) is 12.8. The summed E-state index contributed by atoms with van der Waals surface area (Å²) in [6.07, 6.45) is 7.85. The molecule has 6 aromatic carbocycles. The maximum absolute atomic E-state index is 2.40. The number of unbranched alkanes of at least 4 members (excludes halogenated alkanes) is 2. The van der Waals surface area contributed by atoms with E-state index < -0.39 is 0 Å². The Kier molecular flexibility index (Phi) is 7.72. The topological polar surface area (TPSA) is 0 Å². The van der Waals surface area contributed by atoms with Gasteiger partial charge in [0.25, 0.3) is 0 Å². The summed E-state index contributed by atoms with van der Waals surface area (Å²) in [5.74, 6) is 0. The third-order valence-electron chi connectivity index (χ3n) is 8.07. The summed E-state index contributed by atoms with van der Waals surface area (Å²) < 4.78 is 2.99. The minimum atomic E-state index is 0.0730. The van der Waals surface area contributed by atoms with Crippen molar-refractivity contribution in [2.75, 3.05) is 0 Å². The average molecular weight is 491 g/mol. The van der Waals surface area contributed by atoms with Crippen LogP contribution in [0.15, 0.2) is 109 Å². The third kappa shape index (κ3) is 5.69. The second-order valence-electron chi connectivity index (χ2n) is 10.7. The monoisotopic (exact) mass is 490 g/mol. The van der Waals surface area contributed by atoms with Gasteiger partial charge in [0, 0.05) is 0 Å². The molecule has 0 atom stereocenters. The number of hydrogen-bond acceptors (Lipinski definition) is 0. The molecule has 0 heterocycles. The zero-order chi connectivity index (χ0) is 24.9. The van der Waals surface area contributed by atoms with Crippen molar-refractivity contribution in [2.45, 2.75) is 47.6 Å². The molecule has 0 aliphatic carbocycles. The summed E-state index contributed by atoms with van der Waals surface area (Å²) in [6.45, 7) is 0. The molecule has 6 aromatic rings. The van der Waals surface area contributed by atoms with Crippen LogP contribution in [-0.2, 0) is 12.8 Å². The van der Waals surface area contributed by atoms with Crippen molar-refractivity contribution in [2.24, 2.45) is 0 Å². The molecule has 0 fully saturated rings. The maximum atomic E-state index is 2.40. The molecule has 0 radical (unpaired) electrons. The Morgan fingerprint density at radius 1 is 0.378 bits per heavy atom. The first kappa shape index (κ1) is 24.5. The zero-order valence-corrected chi connectivity index (χ0v) is 23.2. The molecule has 6 rings (SSSR count). The Morgan fingerprint density at radius 2 is 0.784 bits per heavy atom. The first-order valence-corrected chi connectivity index (χ1v) is 16.2. The molecule has 0 N–H and O–H groups in total. The summed E-state index contributed by atoms with van der Waals surface area (Å²) >= 11 is 0.0730. The van der Waals surface area contributed by atoms with Crippen LogP contribution in [0.1, 0.15) is 36.8 Å². The van der Waals surface area contributed by atoms with Crippen molar-refractivity contribution >= 4 is 63.5 Å². The van der Waals surface area contributed by atoms with E-state index in [4.69, 9.17) is 0 Å². The minimum absolute atomic E-state index is 0.0730. The maximum Gasteiger partial charge on any atom is 0.364 e. The van der Waals surface area contributed by atoms with E-state index in [0.29, 0.717) is 0 Å². The standard InChI is InChI=1S/2C18H17.Mg/c2*1-2-3-7-14-10-6-11-17-12-15-8-4-5-9-16(15)13-18(14)17;/h2*4-6,8-13H,1-3,7H2;. The highest BCUT2D eigenvalue weighted by Crippen LogP contribution is 2.28. The normalized spacial score (nSPS) is 11.5. The molecule has 37 heavy (non-hydrogen) atoms. The van der Waals surface area contributed by atoms with Gasteiger partial charge in [0.1, 0.15) is 0 Å². The molecule has 0 amide bonds. The van der Waals surface area contributed by atoms with Gasteiger partial charge in [0.2, 0.25) is 0 Å². The molecule has 0 nitrogen and oxygen atoms in total. The van der Waals surface area contributed by atoms with Gasteiger partial charge in [-0.25, -0.2) is 0 Å². The largest absolute Gasteiger partial charge is 0.364 e. The van der Waals surface area contributed by atoms with Crippen molar-refractivity contribution in [1.82, 2.24) is 0 Å². The summed E-state index contributed by atoms with van der Waals surface area (Å²) in [4.78, 5) is 0. The van der Waals surface area contributed by atoms with Crippen LogP contribution in [0, 0.1) is 0 Å². The highest BCUT2D eigenvalue weighted by Gasteiger charge is 2.06. The van der Waals surface area contributed by atoms with Crippen LogP contribution in [0.3, 0.4) is 0 Å². The Hall–Kier alpha value is -2.87. The smallest absolute Gasteiger partial charge is 0.146 e. The van der Waals surface area contributed by atoms with Gasteiger partial charge in [0.15, 0.2) is 0 Å². The highest BCUT2D eigenvalue weighted by atomic mass is 24.5. The molecule has 0 unspecified atom stereocenters. The molecule has 0 aliphatic heterocycles. The van der Waals surface area contributed by atoms with Crippen LogP contribution in [-0.4, -0.2) is 20.4 Å². The lowest BCUT2D eigenvalue weighted by molar-refractivity contribution is 0.776. The Balaban J connectivity index is 0.954. The Morgan fingerprint density at radius 3 is 1.24 bits per heavy atom. The zero-order valence-electron chi connectivity index (χ0n) is 21.8.